The van der Waals surface area contributed by atoms with Crippen LogP contribution in [0, 0.1) is 0 Å². The van der Waals surface area contributed by atoms with E-state index < -0.39 is 9.84 Å². The lowest BCUT2D eigenvalue weighted by Crippen LogP contribution is -2.29. The molecule has 0 bridgehead atoms. The third-order valence-electron chi connectivity index (χ3n) is 4.98. The van der Waals surface area contributed by atoms with Crippen molar-refractivity contribution in [2.24, 2.45) is 0 Å². The molecule has 1 fully saturated rings. The van der Waals surface area contributed by atoms with Crippen LogP contribution < -0.4 is 5.32 Å². The van der Waals surface area contributed by atoms with E-state index in [0.717, 1.165) is 32.1 Å². The van der Waals surface area contributed by atoms with E-state index >= 15 is 0 Å². The zero-order valence-electron chi connectivity index (χ0n) is 15.7. The van der Waals surface area contributed by atoms with Crippen molar-refractivity contribution >= 4 is 15.7 Å². The molecule has 1 aromatic rings. The summed E-state index contributed by atoms with van der Waals surface area (Å²) in [4.78, 5) is 11.9. The molecular formula is C20H31NO3S. The molecule has 1 aliphatic rings. The van der Waals surface area contributed by atoms with Gasteiger partial charge in [0.2, 0.25) is 5.91 Å². The number of carbonyl (C=O) groups is 1. The highest BCUT2D eigenvalue weighted by Crippen LogP contribution is 2.25. The number of amides is 1. The second-order valence-corrected chi connectivity index (χ2v) is 10.5. The minimum absolute atomic E-state index is 0.0240. The van der Waals surface area contributed by atoms with Crippen LogP contribution >= 0.6 is 0 Å². The zero-order chi connectivity index (χ0) is 18.5. The molecule has 0 saturated heterocycles. The Hall–Kier alpha value is -1.36. The quantitative estimate of drug-likeness (QED) is 0.805. The van der Waals surface area contributed by atoms with Gasteiger partial charge >= 0.3 is 0 Å². The van der Waals surface area contributed by atoms with Gasteiger partial charge < -0.3 is 5.32 Å². The summed E-state index contributed by atoms with van der Waals surface area (Å²) in [6.45, 7) is 7.09. The molecule has 0 heterocycles. The number of carbonyl (C=O) groups excluding carboxylic acids is 1. The topological polar surface area (TPSA) is 63.2 Å². The Morgan fingerprint density at radius 1 is 1.12 bits per heavy atom. The lowest BCUT2D eigenvalue weighted by molar-refractivity contribution is -0.120. The molecule has 140 valence electrons. The van der Waals surface area contributed by atoms with Gasteiger partial charge in [-0.05, 0) is 35.8 Å². The van der Waals surface area contributed by atoms with Gasteiger partial charge in [-0.25, -0.2) is 8.42 Å². The third kappa shape index (κ3) is 6.14. The van der Waals surface area contributed by atoms with Gasteiger partial charge in [0.05, 0.1) is 11.0 Å². The predicted octanol–water partition coefficient (Wildman–Crippen LogP) is 3.39. The summed E-state index contributed by atoms with van der Waals surface area (Å²) < 4.78 is 24.3. The summed E-state index contributed by atoms with van der Waals surface area (Å²) in [7, 11) is -3.11. The van der Waals surface area contributed by atoms with E-state index in [2.05, 4.69) is 50.4 Å². The van der Waals surface area contributed by atoms with E-state index in [1.165, 1.54) is 11.1 Å². The van der Waals surface area contributed by atoms with Crippen LogP contribution in [0.5, 0.6) is 0 Å². The summed E-state index contributed by atoms with van der Waals surface area (Å²) in [6, 6.07) is 8.45. The van der Waals surface area contributed by atoms with Crippen molar-refractivity contribution in [3.8, 4) is 0 Å². The van der Waals surface area contributed by atoms with E-state index in [1.807, 2.05) is 0 Å². The molecule has 0 atom stereocenters. The number of hydrogen-bond donors (Lipinski definition) is 1. The van der Waals surface area contributed by atoms with Crippen LogP contribution in [0.15, 0.2) is 24.3 Å². The first-order valence-electron chi connectivity index (χ1n) is 9.26. The van der Waals surface area contributed by atoms with Crippen LogP contribution in [0.3, 0.4) is 0 Å². The lowest BCUT2D eigenvalue weighted by Gasteiger charge is -2.19. The monoisotopic (exact) mass is 365 g/mol. The van der Waals surface area contributed by atoms with Crippen molar-refractivity contribution in [2.75, 3.05) is 12.3 Å². The first kappa shape index (κ1) is 20.0. The maximum Gasteiger partial charge on any atom is 0.221 e. The van der Waals surface area contributed by atoms with Crippen LogP contribution in [0.1, 0.15) is 64.0 Å². The van der Waals surface area contributed by atoms with Gasteiger partial charge in [-0.2, -0.15) is 0 Å². The molecule has 1 N–H and O–H groups in total. The Morgan fingerprint density at radius 2 is 1.72 bits per heavy atom. The van der Waals surface area contributed by atoms with Crippen LogP contribution in [0.4, 0.5) is 0 Å². The van der Waals surface area contributed by atoms with Crippen molar-refractivity contribution in [3.05, 3.63) is 35.4 Å². The summed E-state index contributed by atoms with van der Waals surface area (Å²) in [5.74, 6) is -0.197. The summed E-state index contributed by atoms with van der Waals surface area (Å²) >= 11 is 0. The maximum absolute atomic E-state index is 12.2. The van der Waals surface area contributed by atoms with E-state index in [4.69, 9.17) is 0 Å². The van der Waals surface area contributed by atoms with Crippen molar-refractivity contribution in [1.82, 2.24) is 5.32 Å². The minimum Gasteiger partial charge on any atom is -0.356 e. The van der Waals surface area contributed by atoms with Gasteiger partial charge in [0.15, 0.2) is 9.84 Å². The van der Waals surface area contributed by atoms with Gasteiger partial charge in [-0.3, -0.25) is 4.79 Å². The Bertz CT molecular complexity index is 666. The molecule has 5 heteroatoms. The van der Waals surface area contributed by atoms with E-state index in [0.29, 0.717) is 6.54 Å². The highest BCUT2D eigenvalue weighted by molar-refractivity contribution is 7.92. The number of rotatable bonds is 7. The number of hydrogen-bond acceptors (Lipinski definition) is 3. The standard InChI is InChI=1S/C20H31NO3S/c1-20(2,3)17-10-8-16(9-11-17)12-14-21-19(22)13-15-25(23,24)18-6-4-5-7-18/h8-11,18H,4-7,12-15H2,1-3H3,(H,21,22). The first-order valence-corrected chi connectivity index (χ1v) is 11.0. The van der Waals surface area contributed by atoms with Crippen LogP contribution in [0.2, 0.25) is 0 Å². The SMILES string of the molecule is CC(C)(C)c1ccc(CCNC(=O)CCS(=O)(=O)C2CCCC2)cc1. The molecule has 1 saturated carbocycles. The average molecular weight is 366 g/mol. The molecule has 0 radical (unpaired) electrons. The summed E-state index contributed by atoms with van der Waals surface area (Å²) in [5, 5.41) is 2.62. The minimum atomic E-state index is -3.11. The predicted molar refractivity (Wildman–Crippen MR) is 103 cm³/mol. The largest absolute Gasteiger partial charge is 0.356 e. The molecule has 2 rings (SSSR count). The zero-order valence-corrected chi connectivity index (χ0v) is 16.5. The van der Waals surface area contributed by atoms with Crippen molar-refractivity contribution in [1.29, 1.82) is 0 Å². The molecule has 0 spiro atoms. The van der Waals surface area contributed by atoms with Crippen LogP contribution in [0.25, 0.3) is 0 Å². The average Bonchev–Trinajstić information content (AvgIpc) is 3.08. The molecule has 0 unspecified atom stereocenters. The van der Waals surface area contributed by atoms with Gasteiger partial charge in [0, 0.05) is 13.0 Å². The Morgan fingerprint density at radius 3 is 2.28 bits per heavy atom. The molecule has 0 aliphatic heterocycles. The van der Waals surface area contributed by atoms with Crippen molar-refractivity contribution < 1.29 is 13.2 Å². The van der Waals surface area contributed by atoms with Crippen molar-refractivity contribution in [2.45, 2.75) is 70.0 Å². The van der Waals surface area contributed by atoms with E-state index in [1.54, 1.807) is 0 Å². The van der Waals surface area contributed by atoms with Crippen LogP contribution in [-0.2, 0) is 26.5 Å². The third-order valence-corrected chi connectivity index (χ3v) is 7.24. The number of sulfone groups is 1. The Balaban J connectivity index is 1.71. The highest BCUT2D eigenvalue weighted by Gasteiger charge is 2.28. The number of nitrogens with one attached hydrogen (secondary N) is 1. The second-order valence-electron chi connectivity index (χ2n) is 8.07. The van der Waals surface area contributed by atoms with Gasteiger partial charge in [0.1, 0.15) is 0 Å². The molecule has 1 aromatic carbocycles. The summed E-state index contributed by atoms with van der Waals surface area (Å²) in [6.07, 6.45) is 4.32. The maximum atomic E-state index is 12.2. The second kappa shape index (κ2) is 8.35. The number of benzene rings is 1. The fourth-order valence-electron chi connectivity index (χ4n) is 3.26. The molecular weight excluding hydrogens is 334 g/mol. The molecule has 1 amide bonds. The normalized spacial score (nSPS) is 16.1. The fraction of sp³-hybridized carbons (Fsp3) is 0.650. The molecule has 4 nitrogen and oxygen atoms in total. The molecule has 0 aromatic heterocycles. The van der Waals surface area contributed by atoms with Crippen LogP contribution in [-0.4, -0.2) is 31.9 Å². The first-order chi connectivity index (χ1) is 11.7. The van der Waals surface area contributed by atoms with Gasteiger partial charge in [-0.1, -0.05) is 57.9 Å². The smallest absolute Gasteiger partial charge is 0.221 e. The van der Waals surface area contributed by atoms with Crippen molar-refractivity contribution in [3.63, 3.8) is 0 Å². The molecule has 1 aliphatic carbocycles. The van der Waals surface area contributed by atoms with E-state index in [9.17, 15) is 13.2 Å². The Kier molecular flexibility index (Phi) is 6.66. The fourth-order valence-corrected chi connectivity index (χ4v) is 5.11. The van der Waals surface area contributed by atoms with E-state index in [-0.39, 0.29) is 28.7 Å². The molecule has 25 heavy (non-hydrogen) atoms. The van der Waals surface area contributed by atoms with Gasteiger partial charge in [0.25, 0.3) is 0 Å². The summed E-state index contributed by atoms with van der Waals surface area (Å²) in [5.41, 5.74) is 2.60. The lowest BCUT2D eigenvalue weighted by atomic mass is 9.86. The Labute approximate surface area is 152 Å². The van der Waals surface area contributed by atoms with Gasteiger partial charge in [-0.15, -0.1) is 0 Å². The highest BCUT2D eigenvalue weighted by atomic mass is 32.2.